The van der Waals surface area contributed by atoms with Gasteiger partial charge in [0.1, 0.15) is 0 Å². The van der Waals surface area contributed by atoms with Crippen molar-refractivity contribution in [2.45, 2.75) is 38.5 Å². The van der Waals surface area contributed by atoms with Crippen molar-refractivity contribution in [3.05, 3.63) is 48.0 Å². The zero-order valence-electron chi connectivity index (χ0n) is 15.8. The van der Waals surface area contributed by atoms with Crippen LogP contribution >= 0.6 is 0 Å². The minimum atomic E-state index is -0.868. The number of fused-ring (bicyclic) bond motifs is 1. The quantitative estimate of drug-likeness (QED) is 0.633. The maximum atomic E-state index is 12.1. The van der Waals surface area contributed by atoms with Gasteiger partial charge >= 0.3 is 0 Å². The number of hydrogen-bond acceptors (Lipinski definition) is 2. The summed E-state index contributed by atoms with van der Waals surface area (Å²) in [5, 5.41) is 9.17. The molecule has 2 unspecified atom stereocenters. The lowest BCUT2D eigenvalue weighted by Gasteiger charge is -2.21. The molecule has 0 radical (unpaired) electrons. The van der Waals surface area contributed by atoms with Crippen LogP contribution in [-0.2, 0) is 10.8 Å². The molecule has 0 spiro atoms. The van der Waals surface area contributed by atoms with E-state index in [-0.39, 0.29) is 10.8 Å². The lowest BCUT2D eigenvalue weighted by molar-refractivity contribution is 0.645. The Hall–Kier alpha value is -1.88. The van der Waals surface area contributed by atoms with Gasteiger partial charge in [-0.2, -0.15) is 0 Å². The van der Waals surface area contributed by atoms with Gasteiger partial charge in [-0.3, -0.25) is 9.20 Å². The van der Waals surface area contributed by atoms with E-state index in [1.165, 1.54) is 16.3 Å². The molecule has 0 fully saturated rings. The molecule has 0 heterocycles. The Morgan fingerprint density at radius 2 is 1.84 bits per heavy atom. The van der Waals surface area contributed by atoms with Crippen molar-refractivity contribution in [3.63, 3.8) is 0 Å². The van der Waals surface area contributed by atoms with Gasteiger partial charge in [-0.25, -0.2) is 0 Å². The average molecular weight is 360 g/mol. The van der Waals surface area contributed by atoms with Gasteiger partial charge in [-0.15, -0.1) is 0 Å². The summed E-state index contributed by atoms with van der Waals surface area (Å²) < 4.78 is 11.9. The van der Waals surface area contributed by atoms with Crippen molar-refractivity contribution < 1.29 is 4.21 Å². The summed E-state index contributed by atoms with van der Waals surface area (Å²) in [6, 6.07) is 14.9. The third-order valence-electron chi connectivity index (χ3n) is 4.13. The first kappa shape index (κ1) is 19.4. The highest BCUT2D eigenvalue weighted by Crippen LogP contribution is 2.23. The fourth-order valence-electron chi connectivity index (χ4n) is 2.67. The highest BCUT2D eigenvalue weighted by Gasteiger charge is 2.19. The van der Waals surface area contributed by atoms with Gasteiger partial charge < -0.3 is 10.6 Å². The molecule has 2 atom stereocenters. The Balaban J connectivity index is 2.00. The van der Waals surface area contributed by atoms with Crippen molar-refractivity contribution >= 4 is 27.5 Å². The van der Waals surface area contributed by atoms with Gasteiger partial charge in [0.05, 0.1) is 6.04 Å². The first-order valence-electron chi connectivity index (χ1n) is 8.66. The summed E-state index contributed by atoms with van der Waals surface area (Å²) in [7, 11) is 0.888. The van der Waals surface area contributed by atoms with Crippen molar-refractivity contribution in [3.8, 4) is 0 Å². The predicted molar refractivity (Wildman–Crippen MR) is 110 cm³/mol. The Bertz CT molecular complexity index is 760. The molecule has 136 valence electrons. The predicted octanol–water partition coefficient (Wildman–Crippen LogP) is 3.61. The van der Waals surface area contributed by atoms with Crippen molar-refractivity contribution in [1.29, 1.82) is 0 Å². The normalized spacial score (nSPS) is 15.0. The Morgan fingerprint density at radius 1 is 1.16 bits per heavy atom. The van der Waals surface area contributed by atoms with Crippen molar-refractivity contribution in [2.75, 3.05) is 19.3 Å². The number of guanidine groups is 1. The number of nitrogens with one attached hydrogen (secondary N) is 2. The van der Waals surface area contributed by atoms with Crippen LogP contribution in [0.4, 0.5) is 0 Å². The molecule has 2 aromatic carbocycles. The third-order valence-corrected chi connectivity index (χ3v) is 6.07. The summed E-state index contributed by atoms with van der Waals surface area (Å²) in [4.78, 5) is 4.29. The van der Waals surface area contributed by atoms with E-state index in [0.29, 0.717) is 12.3 Å². The smallest absolute Gasteiger partial charge is 0.191 e. The van der Waals surface area contributed by atoms with E-state index >= 15 is 0 Å². The second-order valence-electron chi connectivity index (χ2n) is 7.10. The first-order chi connectivity index (χ1) is 11.8. The fraction of sp³-hybridized carbons (Fsp3) is 0.450. The average Bonchev–Trinajstić information content (AvgIpc) is 2.59. The van der Waals surface area contributed by atoms with Crippen LogP contribution in [0, 0.1) is 0 Å². The number of aliphatic imine (C=N–C) groups is 1. The molecule has 0 aliphatic heterocycles. The number of nitrogens with zero attached hydrogens (tertiary/aromatic N) is 1. The van der Waals surface area contributed by atoms with Crippen LogP contribution < -0.4 is 10.6 Å². The lowest BCUT2D eigenvalue weighted by atomic mass is 10.00. The zero-order valence-corrected chi connectivity index (χ0v) is 16.6. The van der Waals surface area contributed by atoms with Crippen LogP contribution in [0.3, 0.4) is 0 Å². The van der Waals surface area contributed by atoms with Crippen LogP contribution in [0.15, 0.2) is 47.5 Å². The van der Waals surface area contributed by atoms with Gasteiger partial charge in [-0.1, -0.05) is 42.5 Å². The SMILES string of the molecule is CN=C(NCCS(=O)C(C)(C)C)NC(C)c1cccc2ccccc12. The van der Waals surface area contributed by atoms with Gasteiger partial charge in [0.15, 0.2) is 5.96 Å². The molecule has 5 heteroatoms. The largest absolute Gasteiger partial charge is 0.355 e. The summed E-state index contributed by atoms with van der Waals surface area (Å²) in [5.74, 6) is 1.33. The zero-order chi connectivity index (χ0) is 18.4. The Kier molecular flexibility index (Phi) is 6.59. The minimum absolute atomic E-state index is 0.116. The summed E-state index contributed by atoms with van der Waals surface area (Å²) in [5.41, 5.74) is 1.24. The second kappa shape index (κ2) is 8.48. The standard InChI is InChI=1S/C20H29N3OS/c1-15(17-12-8-10-16-9-6-7-11-18(16)17)23-19(21-5)22-13-14-25(24)20(2,3)4/h6-12,15H,13-14H2,1-5H3,(H2,21,22,23). The molecule has 0 aliphatic rings. The first-order valence-corrected chi connectivity index (χ1v) is 9.98. The molecule has 2 rings (SSSR count). The molecule has 4 nitrogen and oxygen atoms in total. The van der Waals surface area contributed by atoms with Crippen LogP contribution in [0.5, 0.6) is 0 Å². The minimum Gasteiger partial charge on any atom is -0.355 e. The monoisotopic (exact) mass is 359 g/mol. The third kappa shape index (κ3) is 5.30. The van der Waals surface area contributed by atoms with Gasteiger partial charge in [0.2, 0.25) is 0 Å². The van der Waals surface area contributed by atoms with Gasteiger partial charge in [0, 0.05) is 34.9 Å². The Morgan fingerprint density at radius 3 is 2.52 bits per heavy atom. The van der Waals surface area contributed by atoms with E-state index in [2.05, 4.69) is 65.0 Å². The molecule has 0 aliphatic carbocycles. The molecule has 0 saturated heterocycles. The van der Waals surface area contributed by atoms with E-state index in [0.717, 1.165) is 5.96 Å². The molecule has 0 bridgehead atoms. The molecule has 0 amide bonds. The van der Waals surface area contributed by atoms with Crippen LogP contribution in [0.2, 0.25) is 0 Å². The lowest BCUT2D eigenvalue weighted by Crippen LogP contribution is -2.41. The number of rotatable bonds is 5. The van der Waals surface area contributed by atoms with Crippen molar-refractivity contribution in [1.82, 2.24) is 10.6 Å². The fourth-order valence-corrected chi connectivity index (χ4v) is 3.57. The maximum Gasteiger partial charge on any atom is 0.191 e. The van der Waals surface area contributed by atoms with E-state index in [9.17, 15) is 4.21 Å². The van der Waals surface area contributed by atoms with Crippen LogP contribution in [0.1, 0.15) is 39.3 Å². The molecular formula is C20H29N3OS. The van der Waals surface area contributed by atoms with Crippen LogP contribution in [0.25, 0.3) is 10.8 Å². The molecule has 25 heavy (non-hydrogen) atoms. The number of benzene rings is 2. The highest BCUT2D eigenvalue weighted by atomic mass is 32.2. The molecule has 2 N–H and O–H groups in total. The highest BCUT2D eigenvalue weighted by molar-refractivity contribution is 7.86. The molecular weight excluding hydrogens is 330 g/mol. The maximum absolute atomic E-state index is 12.1. The number of hydrogen-bond donors (Lipinski definition) is 2. The van der Waals surface area contributed by atoms with E-state index in [1.54, 1.807) is 7.05 Å². The second-order valence-corrected chi connectivity index (χ2v) is 9.42. The van der Waals surface area contributed by atoms with Crippen molar-refractivity contribution in [2.24, 2.45) is 4.99 Å². The topological polar surface area (TPSA) is 53.5 Å². The molecule has 0 aromatic heterocycles. The van der Waals surface area contributed by atoms with E-state index < -0.39 is 10.8 Å². The summed E-state index contributed by atoms with van der Waals surface area (Å²) in [6.07, 6.45) is 0. The van der Waals surface area contributed by atoms with E-state index in [1.807, 2.05) is 20.8 Å². The molecule has 2 aromatic rings. The van der Waals surface area contributed by atoms with Gasteiger partial charge in [-0.05, 0) is 44.0 Å². The summed E-state index contributed by atoms with van der Waals surface area (Å²) in [6.45, 7) is 8.75. The van der Waals surface area contributed by atoms with Crippen LogP contribution in [-0.4, -0.2) is 34.3 Å². The summed E-state index contributed by atoms with van der Waals surface area (Å²) >= 11 is 0. The Labute approximate surface area is 153 Å². The van der Waals surface area contributed by atoms with Gasteiger partial charge in [0.25, 0.3) is 0 Å². The molecule has 0 saturated carbocycles. The van der Waals surface area contributed by atoms with E-state index in [4.69, 9.17) is 0 Å².